The van der Waals surface area contributed by atoms with Crippen molar-refractivity contribution in [1.82, 2.24) is 10.2 Å². The van der Waals surface area contributed by atoms with Gasteiger partial charge >= 0.3 is 0 Å². The number of likely N-dealkylation sites (tertiary alicyclic amines) is 1. The second-order valence-electron chi connectivity index (χ2n) is 5.34. The highest BCUT2D eigenvalue weighted by Gasteiger charge is 2.12. The van der Waals surface area contributed by atoms with Gasteiger partial charge in [0.15, 0.2) is 5.84 Å². The molecule has 5 nitrogen and oxygen atoms in total. The highest BCUT2D eigenvalue weighted by Crippen LogP contribution is 2.13. The first-order chi connectivity index (χ1) is 10.2. The Labute approximate surface area is 124 Å². The van der Waals surface area contributed by atoms with Crippen LogP contribution in [0.15, 0.2) is 23.4 Å². The first-order valence-electron chi connectivity index (χ1n) is 7.40. The van der Waals surface area contributed by atoms with Crippen molar-refractivity contribution in [3.63, 3.8) is 0 Å². The number of hydrogen-bond donors (Lipinski definition) is 3. The molecule has 1 aromatic carbocycles. The monoisotopic (exact) mass is 294 g/mol. The van der Waals surface area contributed by atoms with Crippen LogP contribution in [0.2, 0.25) is 0 Å². The van der Waals surface area contributed by atoms with Crippen molar-refractivity contribution in [3.8, 4) is 0 Å². The number of halogens is 1. The first kappa shape index (κ1) is 15.7. The largest absolute Gasteiger partial charge is 0.409 e. The normalized spacial score (nSPS) is 17.1. The second-order valence-corrected chi connectivity index (χ2v) is 5.34. The Morgan fingerprint density at radius 3 is 2.81 bits per heavy atom. The Morgan fingerprint density at radius 1 is 1.33 bits per heavy atom. The fourth-order valence-electron chi connectivity index (χ4n) is 2.61. The van der Waals surface area contributed by atoms with Gasteiger partial charge in [0.2, 0.25) is 0 Å². The molecule has 2 rings (SSSR count). The van der Waals surface area contributed by atoms with Gasteiger partial charge in [0.25, 0.3) is 0 Å². The van der Waals surface area contributed by atoms with E-state index in [4.69, 9.17) is 10.9 Å². The van der Waals surface area contributed by atoms with Crippen molar-refractivity contribution in [1.29, 1.82) is 0 Å². The third-order valence-corrected chi connectivity index (χ3v) is 3.83. The van der Waals surface area contributed by atoms with E-state index in [1.807, 2.05) is 0 Å². The molecule has 1 aromatic rings. The molecule has 4 N–H and O–H groups in total. The fraction of sp³-hybridized carbons (Fsp3) is 0.533. The van der Waals surface area contributed by atoms with Gasteiger partial charge in [-0.15, -0.1) is 0 Å². The maximum Gasteiger partial charge on any atom is 0.173 e. The number of hydrogen-bond acceptors (Lipinski definition) is 4. The molecular formula is C15H23FN4O. The van der Waals surface area contributed by atoms with Gasteiger partial charge in [-0.1, -0.05) is 23.7 Å². The van der Waals surface area contributed by atoms with Crippen LogP contribution in [0.5, 0.6) is 0 Å². The van der Waals surface area contributed by atoms with Crippen LogP contribution in [-0.2, 0) is 6.54 Å². The Morgan fingerprint density at radius 2 is 2.10 bits per heavy atom. The summed E-state index contributed by atoms with van der Waals surface area (Å²) in [6.07, 6.45) is 3.88. The van der Waals surface area contributed by atoms with E-state index in [0.29, 0.717) is 12.1 Å². The van der Waals surface area contributed by atoms with E-state index in [1.54, 1.807) is 12.1 Å². The second kappa shape index (κ2) is 7.95. The van der Waals surface area contributed by atoms with E-state index in [9.17, 15) is 4.39 Å². The zero-order valence-electron chi connectivity index (χ0n) is 12.2. The lowest BCUT2D eigenvalue weighted by Gasteiger charge is -2.26. The number of rotatable bonds is 6. The van der Waals surface area contributed by atoms with Crippen molar-refractivity contribution >= 4 is 5.84 Å². The summed E-state index contributed by atoms with van der Waals surface area (Å²) in [4.78, 5) is 2.43. The van der Waals surface area contributed by atoms with E-state index >= 15 is 0 Å². The number of nitrogens with two attached hydrogens (primary N) is 1. The van der Waals surface area contributed by atoms with Crippen molar-refractivity contribution in [2.24, 2.45) is 10.9 Å². The SMILES string of the molecule is N/C(=N/O)c1cccc(CNCCN2CCCCC2)c1F. The molecule has 0 spiro atoms. The fourth-order valence-corrected chi connectivity index (χ4v) is 2.61. The van der Waals surface area contributed by atoms with E-state index in [2.05, 4.69) is 15.4 Å². The minimum absolute atomic E-state index is 0.132. The quantitative estimate of drug-likeness (QED) is 0.244. The molecule has 0 aliphatic carbocycles. The van der Waals surface area contributed by atoms with Crippen molar-refractivity contribution < 1.29 is 9.60 Å². The van der Waals surface area contributed by atoms with E-state index < -0.39 is 5.82 Å². The lowest BCUT2D eigenvalue weighted by atomic mass is 10.1. The van der Waals surface area contributed by atoms with Crippen LogP contribution >= 0.6 is 0 Å². The summed E-state index contributed by atoms with van der Waals surface area (Å²) >= 11 is 0. The van der Waals surface area contributed by atoms with Crippen LogP contribution in [0.3, 0.4) is 0 Å². The molecule has 0 atom stereocenters. The molecule has 0 bridgehead atoms. The maximum atomic E-state index is 14.2. The minimum Gasteiger partial charge on any atom is -0.409 e. The summed E-state index contributed by atoms with van der Waals surface area (Å²) in [5.41, 5.74) is 6.11. The van der Waals surface area contributed by atoms with Gasteiger partial charge in [-0.25, -0.2) is 4.39 Å². The predicted molar refractivity (Wildman–Crippen MR) is 80.9 cm³/mol. The van der Waals surface area contributed by atoms with Crippen LogP contribution in [0.4, 0.5) is 4.39 Å². The molecule has 1 saturated heterocycles. The zero-order chi connectivity index (χ0) is 15.1. The van der Waals surface area contributed by atoms with Crippen molar-refractivity contribution in [3.05, 3.63) is 35.1 Å². The third-order valence-electron chi connectivity index (χ3n) is 3.83. The molecule has 1 aliphatic rings. The molecule has 0 saturated carbocycles. The molecule has 21 heavy (non-hydrogen) atoms. The predicted octanol–water partition coefficient (Wildman–Crippen LogP) is 1.50. The number of nitrogens with zero attached hydrogens (tertiary/aromatic N) is 2. The molecule has 0 unspecified atom stereocenters. The lowest BCUT2D eigenvalue weighted by Crippen LogP contribution is -2.35. The Bertz CT molecular complexity index is 487. The highest BCUT2D eigenvalue weighted by atomic mass is 19.1. The Hall–Kier alpha value is -1.66. The van der Waals surface area contributed by atoms with Crippen LogP contribution in [0, 0.1) is 5.82 Å². The minimum atomic E-state index is -0.432. The number of benzene rings is 1. The summed E-state index contributed by atoms with van der Waals surface area (Å²) in [7, 11) is 0. The summed E-state index contributed by atoms with van der Waals surface area (Å²) < 4.78 is 14.2. The van der Waals surface area contributed by atoms with E-state index in [0.717, 1.165) is 26.2 Å². The number of piperidine rings is 1. The summed E-state index contributed by atoms with van der Waals surface area (Å²) in [5, 5.41) is 14.7. The molecule has 1 heterocycles. The van der Waals surface area contributed by atoms with E-state index in [-0.39, 0.29) is 11.4 Å². The summed E-state index contributed by atoms with van der Waals surface area (Å²) in [5.74, 6) is -0.638. The number of nitrogens with one attached hydrogen (secondary N) is 1. The van der Waals surface area contributed by atoms with Crippen LogP contribution in [0.25, 0.3) is 0 Å². The molecule has 0 aromatic heterocycles. The van der Waals surface area contributed by atoms with Gasteiger partial charge < -0.3 is 21.2 Å². The van der Waals surface area contributed by atoms with Gasteiger partial charge in [0.05, 0.1) is 5.56 Å². The maximum absolute atomic E-state index is 14.2. The first-order valence-corrected chi connectivity index (χ1v) is 7.40. The van der Waals surface area contributed by atoms with Crippen molar-refractivity contribution in [2.75, 3.05) is 26.2 Å². The smallest absolute Gasteiger partial charge is 0.173 e. The zero-order valence-corrected chi connectivity index (χ0v) is 12.2. The van der Waals surface area contributed by atoms with Gasteiger partial charge in [-0.3, -0.25) is 0 Å². The highest BCUT2D eigenvalue weighted by molar-refractivity contribution is 5.97. The molecule has 1 aliphatic heterocycles. The number of oxime groups is 1. The summed E-state index contributed by atoms with van der Waals surface area (Å²) in [6, 6.07) is 4.91. The van der Waals surface area contributed by atoms with Gasteiger partial charge in [-0.2, -0.15) is 0 Å². The molecule has 0 amide bonds. The van der Waals surface area contributed by atoms with Gasteiger partial charge in [-0.05, 0) is 32.0 Å². The topological polar surface area (TPSA) is 73.9 Å². The summed E-state index contributed by atoms with van der Waals surface area (Å²) in [6.45, 7) is 4.57. The third kappa shape index (κ3) is 4.41. The van der Waals surface area contributed by atoms with Gasteiger partial charge in [0, 0.05) is 25.2 Å². The average molecular weight is 294 g/mol. The van der Waals surface area contributed by atoms with Crippen LogP contribution < -0.4 is 11.1 Å². The van der Waals surface area contributed by atoms with Crippen LogP contribution in [-0.4, -0.2) is 42.1 Å². The average Bonchev–Trinajstić information content (AvgIpc) is 2.53. The molecule has 6 heteroatoms. The van der Waals surface area contributed by atoms with E-state index in [1.165, 1.54) is 25.3 Å². The molecular weight excluding hydrogens is 271 g/mol. The van der Waals surface area contributed by atoms with Crippen molar-refractivity contribution in [2.45, 2.75) is 25.8 Å². The van der Waals surface area contributed by atoms with Gasteiger partial charge in [0.1, 0.15) is 5.82 Å². The molecule has 1 fully saturated rings. The lowest BCUT2D eigenvalue weighted by molar-refractivity contribution is 0.229. The molecule has 116 valence electrons. The standard InChI is InChI=1S/C15H23FN4O/c16-14-12(5-4-6-13(14)15(17)19-21)11-18-7-10-20-8-2-1-3-9-20/h4-6,18,21H,1-3,7-11H2,(H2,17,19). The Kier molecular flexibility index (Phi) is 5.95. The van der Waals surface area contributed by atoms with Crippen LogP contribution in [0.1, 0.15) is 30.4 Å². The molecule has 0 radical (unpaired) electrons. The number of amidine groups is 1. The Balaban J connectivity index is 1.83.